The summed E-state index contributed by atoms with van der Waals surface area (Å²) in [6.07, 6.45) is 4.64. The number of hydrogen-bond acceptors (Lipinski definition) is 8. The number of rotatable bonds is 9. The zero-order valence-electron chi connectivity index (χ0n) is 25.9. The van der Waals surface area contributed by atoms with Crippen LogP contribution in [0.15, 0.2) is 57.7 Å². The van der Waals surface area contributed by atoms with E-state index in [1.165, 1.54) is 0 Å². The second-order valence-electron chi connectivity index (χ2n) is 12.5. The number of nitrogens with one attached hydrogen (secondary N) is 1. The Bertz CT molecular complexity index is 1960. The number of carbonyl (C=O) groups excluding carboxylic acids is 1. The summed E-state index contributed by atoms with van der Waals surface area (Å²) >= 11 is 0. The number of likely N-dealkylation sites (tertiary alicyclic amines) is 1. The van der Waals surface area contributed by atoms with Crippen LogP contribution in [0.3, 0.4) is 0 Å². The molecule has 240 valence electrons. The third-order valence-electron chi connectivity index (χ3n) is 9.40. The number of hydrogen-bond donors (Lipinski definition) is 2. The van der Waals surface area contributed by atoms with Gasteiger partial charge in [-0.3, -0.25) is 4.57 Å². The molecule has 2 saturated heterocycles. The zero-order chi connectivity index (χ0) is 31.8. The Morgan fingerprint density at radius 3 is 2.72 bits per heavy atom. The van der Waals surface area contributed by atoms with Crippen molar-refractivity contribution < 1.29 is 23.8 Å². The Morgan fingerprint density at radius 2 is 1.87 bits per heavy atom. The van der Waals surface area contributed by atoms with E-state index in [2.05, 4.69) is 11.9 Å². The number of H-pyrrole nitrogens is 1. The Balaban J connectivity index is 0.935. The van der Waals surface area contributed by atoms with Gasteiger partial charge in [-0.1, -0.05) is 31.2 Å². The number of furan rings is 1. The molecule has 0 saturated carbocycles. The Hall–Kier alpha value is -4.87. The van der Waals surface area contributed by atoms with E-state index >= 15 is 0 Å². The molecule has 0 aliphatic carbocycles. The predicted octanol–water partition coefficient (Wildman–Crippen LogP) is 5.50. The summed E-state index contributed by atoms with van der Waals surface area (Å²) in [6, 6.07) is 14.7. The lowest BCUT2D eigenvalue weighted by atomic mass is 9.93. The summed E-state index contributed by atoms with van der Waals surface area (Å²) in [5.74, 6) is 0.426. The number of fused-ring (bicyclic) bond motifs is 4. The quantitative estimate of drug-likeness (QED) is 0.202. The molecule has 2 aliphatic heterocycles. The molecule has 7 rings (SSSR count). The van der Waals surface area contributed by atoms with Crippen molar-refractivity contribution in [1.82, 2.24) is 24.4 Å². The molecule has 2 aromatic carbocycles. The van der Waals surface area contributed by atoms with Gasteiger partial charge in [0, 0.05) is 37.5 Å². The average molecular weight is 627 g/mol. The van der Waals surface area contributed by atoms with E-state index in [1.807, 2.05) is 58.0 Å². The van der Waals surface area contributed by atoms with Crippen LogP contribution in [0, 0.1) is 5.92 Å². The molecule has 2 aliphatic rings. The summed E-state index contributed by atoms with van der Waals surface area (Å²) in [7, 11) is 0. The fourth-order valence-electron chi connectivity index (χ4n) is 7.10. The van der Waals surface area contributed by atoms with E-state index in [0.717, 1.165) is 35.7 Å². The molecule has 12 heteroatoms. The number of imidazole rings is 1. The fourth-order valence-corrected chi connectivity index (χ4v) is 7.10. The van der Waals surface area contributed by atoms with Gasteiger partial charge in [0.25, 0.3) is 0 Å². The van der Waals surface area contributed by atoms with E-state index in [1.54, 1.807) is 4.90 Å². The van der Waals surface area contributed by atoms with Gasteiger partial charge in [0.05, 0.1) is 17.6 Å². The van der Waals surface area contributed by atoms with Gasteiger partial charge >= 0.3 is 17.8 Å². The van der Waals surface area contributed by atoms with Crippen LogP contribution in [0.1, 0.15) is 57.3 Å². The number of ether oxygens (including phenoxy) is 1. The molecule has 5 heterocycles. The number of aromatic amines is 1. The SMILES string of the molecule is C[C@H]1CN(C(=O)OCCCCCc2nc(N3CCC[C@H]3C(=O)O)c3oc4ccccc4c3n2)CC[C@@H]1n1c(=O)[nH]c2ccccc21. The number of unbranched alkanes of at least 4 members (excludes halogenated alkanes) is 2. The normalized spacial score (nSPS) is 20.2. The summed E-state index contributed by atoms with van der Waals surface area (Å²) < 4.78 is 13.6. The number of anilines is 1. The molecule has 12 nitrogen and oxygen atoms in total. The Kier molecular flexibility index (Phi) is 8.10. The number of amides is 1. The number of nitrogens with zero attached hydrogens (tertiary/aromatic N) is 5. The number of carboxylic acid groups (broad SMARTS) is 1. The maximum Gasteiger partial charge on any atom is 0.409 e. The highest BCUT2D eigenvalue weighted by molar-refractivity contribution is 6.06. The van der Waals surface area contributed by atoms with Gasteiger partial charge in [-0.2, -0.15) is 0 Å². The molecule has 5 aromatic rings. The number of aryl methyl sites for hydroxylation is 1. The molecule has 0 unspecified atom stereocenters. The van der Waals surface area contributed by atoms with Crippen molar-refractivity contribution in [2.75, 3.05) is 31.1 Å². The number of piperidine rings is 1. The minimum atomic E-state index is -0.861. The maximum absolute atomic E-state index is 12.9. The first-order chi connectivity index (χ1) is 22.4. The number of carboxylic acids is 1. The maximum atomic E-state index is 12.9. The van der Waals surface area contributed by atoms with Gasteiger partial charge in [0.2, 0.25) is 0 Å². The van der Waals surface area contributed by atoms with E-state index in [-0.39, 0.29) is 23.7 Å². The van der Waals surface area contributed by atoms with E-state index in [9.17, 15) is 19.5 Å². The van der Waals surface area contributed by atoms with Crippen molar-refractivity contribution in [2.24, 2.45) is 5.92 Å². The second kappa shape index (κ2) is 12.5. The van der Waals surface area contributed by atoms with Gasteiger partial charge < -0.3 is 29.0 Å². The molecule has 2 N–H and O–H groups in total. The first-order valence-corrected chi connectivity index (χ1v) is 16.2. The second-order valence-corrected chi connectivity index (χ2v) is 12.5. The summed E-state index contributed by atoms with van der Waals surface area (Å²) in [5, 5.41) is 10.7. The molecule has 46 heavy (non-hydrogen) atoms. The van der Waals surface area contributed by atoms with Gasteiger partial charge in [-0.15, -0.1) is 0 Å². The number of para-hydroxylation sites is 3. The van der Waals surface area contributed by atoms with E-state index in [0.29, 0.717) is 80.2 Å². The Morgan fingerprint density at radius 1 is 1.04 bits per heavy atom. The van der Waals surface area contributed by atoms with Gasteiger partial charge in [0.1, 0.15) is 23.0 Å². The summed E-state index contributed by atoms with van der Waals surface area (Å²) in [5.41, 5.74) is 3.52. The van der Waals surface area contributed by atoms with Crippen LogP contribution in [-0.2, 0) is 16.0 Å². The smallest absolute Gasteiger partial charge is 0.409 e. The Labute approximate surface area is 265 Å². The lowest BCUT2D eigenvalue weighted by Gasteiger charge is -2.36. The van der Waals surface area contributed by atoms with Crippen LogP contribution in [0.5, 0.6) is 0 Å². The summed E-state index contributed by atoms with van der Waals surface area (Å²) in [6.45, 7) is 4.05. The van der Waals surface area contributed by atoms with Crippen LogP contribution < -0.4 is 10.6 Å². The van der Waals surface area contributed by atoms with Crippen molar-refractivity contribution in [3.8, 4) is 0 Å². The molecule has 2 fully saturated rings. The number of aliphatic carboxylic acids is 1. The largest absolute Gasteiger partial charge is 0.480 e. The highest BCUT2D eigenvalue weighted by Crippen LogP contribution is 2.36. The molecule has 1 amide bonds. The monoisotopic (exact) mass is 626 g/mol. The van der Waals surface area contributed by atoms with Crippen molar-refractivity contribution in [3.63, 3.8) is 0 Å². The molecule has 3 atom stereocenters. The number of aromatic nitrogens is 4. The highest BCUT2D eigenvalue weighted by atomic mass is 16.6. The number of carbonyl (C=O) groups is 2. The minimum Gasteiger partial charge on any atom is -0.480 e. The van der Waals surface area contributed by atoms with Crippen molar-refractivity contribution >= 4 is 51.0 Å². The van der Waals surface area contributed by atoms with Crippen LogP contribution in [0.2, 0.25) is 0 Å². The van der Waals surface area contributed by atoms with E-state index in [4.69, 9.17) is 19.1 Å². The standard InChI is InChI=1S/C34H38N6O6/c1-21-20-38(18-16-24(21)40-25-12-6-5-11-23(25)35-33(40)43)34(44)45-19-8-2-3-15-28-36-29-22-10-4-7-14-27(22)46-30(29)31(37-28)39-17-9-13-26(39)32(41)42/h4-7,10-12,14,21,24,26H,2-3,8-9,13,15-20H2,1H3,(H,35,43)(H,41,42)/t21-,24-,26-/m0/s1. The topological polar surface area (TPSA) is 147 Å². The first-order valence-electron chi connectivity index (χ1n) is 16.2. The third kappa shape index (κ3) is 5.56. The zero-order valence-corrected chi connectivity index (χ0v) is 25.9. The highest BCUT2D eigenvalue weighted by Gasteiger charge is 2.35. The molecule has 0 bridgehead atoms. The van der Waals surface area contributed by atoms with Crippen LogP contribution in [0.4, 0.5) is 10.6 Å². The lowest BCUT2D eigenvalue weighted by Crippen LogP contribution is -2.45. The fraction of sp³-hybridized carbons (Fsp3) is 0.441. The predicted molar refractivity (Wildman–Crippen MR) is 173 cm³/mol. The van der Waals surface area contributed by atoms with Crippen molar-refractivity contribution in [2.45, 2.75) is 64.0 Å². The molecule has 0 spiro atoms. The average Bonchev–Trinajstić information content (AvgIpc) is 3.77. The van der Waals surface area contributed by atoms with E-state index < -0.39 is 12.0 Å². The summed E-state index contributed by atoms with van der Waals surface area (Å²) in [4.78, 5) is 53.7. The van der Waals surface area contributed by atoms with Crippen LogP contribution >= 0.6 is 0 Å². The molecule has 3 aromatic heterocycles. The first kappa shape index (κ1) is 29.8. The third-order valence-corrected chi connectivity index (χ3v) is 9.40. The van der Waals surface area contributed by atoms with Gasteiger partial charge in [-0.25, -0.2) is 24.4 Å². The van der Waals surface area contributed by atoms with Gasteiger partial charge in [0.15, 0.2) is 11.4 Å². The van der Waals surface area contributed by atoms with Crippen molar-refractivity contribution in [1.29, 1.82) is 0 Å². The number of benzene rings is 2. The lowest BCUT2D eigenvalue weighted by molar-refractivity contribution is -0.138. The van der Waals surface area contributed by atoms with Crippen molar-refractivity contribution in [3.05, 3.63) is 64.8 Å². The van der Waals surface area contributed by atoms with Crippen LogP contribution in [-0.4, -0.2) is 73.9 Å². The molecular weight excluding hydrogens is 588 g/mol. The molecule has 0 radical (unpaired) electrons. The molecular formula is C34H38N6O6. The minimum absolute atomic E-state index is 0.00942. The van der Waals surface area contributed by atoms with Gasteiger partial charge in [-0.05, 0) is 68.7 Å². The van der Waals surface area contributed by atoms with Crippen LogP contribution in [0.25, 0.3) is 33.1 Å².